The standard InChI is InChI=1S/C23H26N4O/c1-28-22-11-3-2-9-20(22)21-10-5-12-23(26-21)25-18-7-4-8-19(17-18)27-15-6-13-24-14-16-27/h2-5,7-12,17,24H,6,13-16H2,1H3,(H,25,26). The van der Waals surface area contributed by atoms with E-state index in [1.165, 1.54) is 12.1 Å². The molecule has 2 N–H and O–H groups in total. The molecular weight excluding hydrogens is 348 g/mol. The number of aromatic nitrogens is 1. The molecule has 1 aliphatic heterocycles. The van der Waals surface area contributed by atoms with E-state index in [2.05, 4.69) is 39.8 Å². The average molecular weight is 374 g/mol. The normalized spacial score (nSPS) is 14.4. The molecule has 0 amide bonds. The zero-order valence-corrected chi connectivity index (χ0v) is 16.2. The van der Waals surface area contributed by atoms with Crippen LogP contribution in [0.15, 0.2) is 66.7 Å². The third-order valence-corrected chi connectivity index (χ3v) is 4.96. The Morgan fingerprint density at radius 3 is 2.79 bits per heavy atom. The number of rotatable bonds is 5. The smallest absolute Gasteiger partial charge is 0.131 e. The number of hydrogen-bond acceptors (Lipinski definition) is 5. The van der Waals surface area contributed by atoms with Gasteiger partial charge in [0.1, 0.15) is 11.6 Å². The molecule has 0 spiro atoms. The molecule has 0 atom stereocenters. The molecule has 28 heavy (non-hydrogen) atoms. The van der Waals surface area contributed by atoms with Crippen molar-refractivity contribution < 1.29 is 4.74 Å². The van der Waals surface area contributed by atoms with Crippen molar-refractivity contribution in [3.05, 3.63) is 66.7 Å². The van der Waals surface area contributed by atoms with Crippen LogP contribution in [0.25, 0.3) is 11.3 Å². The van der Waals surface area contributed by atoms with Crippen molar-refractivity contribution in [3.63, 3.8) is 0 Å². The number of nitrogens with one attached hydrogen (secondary N) is 2. The van der Waals surface area contributed by atoms with Gasteiger partial charge in [-0.25, -0.2) is 4.98 Å². The summed E-state index contributed by atoms with van der Waals surface area (Å²) < 4.78 is 5.48. The first-order chi connectivity index (χ1) is 13.8. The van der Waals surface area contributed by atoms with Crippen LogP contribution in [-0.4, -0.2) is 38.3 Å². The molecule has 4 rings (SSSR count). The van der Waals surface area contributed by atoms with Crippen molar-refractivity contribution in [2.45, 2.75) is 6.42 Å². The molecule has 0 unspecified atom stereocenters. The predicted molar refractivity (Wildman–Crippen MR) is 116 cm³/mol. The summed E-state index contributed by atoms with van der Waals surface area (Å²) in [4.78, 5) is 7.22. The highest BCUT2D eigenvalue weighted by molar-refractivity contribution is 5.70. The highest BCUT2D eigenvalue weighted by Gasteiger charge is 2.11. The SMILES string of the molecule is COc1ccccc1-c1cccc(Nc2cccc(N3CCCNCC3)c2)n1. The molecule has 1 aromatic heterocycles. The van der Waals surface area contributed by atoms with Crippen LogP contribution in [0, 0.1) is 0 Å². The van der Waals surface area contributed by atoms with Crippen molar-refractivity contribution in [1.82, 2.24) is 10.3 Å². The van der Waals surface area contributed by atoms with Crippen LogP contribution < -0.4 is 20.3 Å². The Bertz CT molecular complexity index is 920. The molecule has 5 heteroatoms. The number of anilines is 3. The Morgan fingerprint density at radius 1 is 0.964 bits per heavy atom. The molecule has 0 bridgehead atoms. The maximum atomic E-state index is 5.48. The van der Waals surface area contributed by atoms with Gasteiger partial charge in [-0.15, -0.1) is 0 Å². The number of nitrogens with zero attached hydrogens (tertiary/aromatic N) is 2. The van der Waals surface area contributed by atoms with Crippen LogP contribution in [-0.2, 0) is 0 Å². The van der Waals surface area contributed by atoms with Crippen molar-refractivity contribution in [2.24, 2.45) is 0 Å². The van der Waals surface area contributed by atoms with Gasteiger partial charge in [-0.3, -0.25) is 0 Å². The van der Waals surface area contributed by atoms with E-state index in [0.29, 0.717) is 0 Å². The van der Waals surface area contributed by atoms with E-state index in [4.69, 9.17) is 9.72 Å². The number of pyridine rings is 1. The second-order valence-electron chi connectivity index (χ2n) is 6.87. The minimum Gasteiger partial charge on any atom is -0.496 e. The highest BCUT2D eigenvalue weighted by Crippen LogP contribution is 2.29. The fourth-order valence-corrected chi connectivity index (χ4v) is 3.54. The molecule has 144 valence electrons. The lowest BCUT2D eigenvalue weighted by molar-refractivity contribution is 0.416. The molecule has 0 radical (unpaired) electrons. The zero-order chi connectivity index (χ0) is 19.2. The van der Waals surface area contributed by atoms with Gasteiger partial charge in [0.25, 0.3) is 0 Å². The van der Waals surface area contributed by atoms with Gasteiger partial charge < -0.3 is 20.3 Å². The summed E-state index contributed by atoms with van der Waals surface area (Å²) in [5, 5.41) is 6.91. The first-order valence-corrected chi connectivity index (χ1v) is 9.77. The van der Waals surface area contributed by atoms with E-state index >= 15 is 0 Å². The summed E-state index contributed by atoms with van der Waals surface area (Å²) in [5.41, 5.74) is 4.16. The summed E-state index contributed by atoms with van der Waals surface area (Å²) in [7, 11) is 1.69. The average Bonchev–Trinajstić information content (AvgIpc) is 3.04. The van der Waals surface area contributed by atoms with Crippen molar-refractivity contribution in [1.29, 1.82) is 0 Å². The Labute approximate surface area is 166 Å². The van der Waals surface area contributed by atoms with Crippen LogP contribution in [0.3, 0.4) is 0 Å². The molecule has 1 saturated heterocycles. The molecule has 3 aromatic rings. The monoisotopic (exact) mass is 374 g/mol. The second kappa shape index (κ2) is 8.76. The first-order valence-electron chi connectivity index (χ1n) is 9.77. The lowest BCUT2D eigenvalue weighted by Crippen LogP contribution is -2.27. The lowest BCUT2D eigenvalue weighted by atomic mass is 10.1. The quantitative estimate of drug-likeness (QED) is 0.697. The zero-order valence-electron chi connectivity index (χ0n) is 16.2. The van der Waals surface area contributed by atoms with E-state index in [9.17, 15) is 0 Å². The highest BCUT2D eigenvalue weighted by atomic mass is 16.5. The van der Waals surface area contributed by atoms with E-state index in [1.807, 2.05) is 42.5 Å². The van der Waals surface area contributed by atoms with Gasteiger partial charge in [-0.2, -0.15) is 0 Å². The number of para-hydroxylation sites is 1. The van der Waals surface area contributed by atoms with E-state index < -0.39 is 0 Å². The van der Waals surface area contributed by atoms with Gasteiger partial charge in [0.15, 0.2) is 0 Å². The van der Waals surface area contributed by atoms with Gasteiger partial charge in [-0.1, -0.05) is 24.3 Å². The lowest BCUT2D eigenvalue weighted by Gasteiger charge is -2.23. The van der Waals surface area contributed by atoms with Crippen LogP contribution in [0.4, 0.5) is 17.2 Å². The molecule has 2 aromatic carbocycles. The maximum absolute atomic E-state index is 5.48. The topological polar surface area (TPSA) is 49.4 Å². The third kappa shape index (κ3) is 4.26. The second-order valence-corrected chi connectivity index (χ2v) is 6.87. The van der Waals surface area contributed by atoms with Gasteiger partial charge >= 0.3 is 0 Å². The summed E-state index contributed by atoms with van der Waals surface area (Å²) in [6, 6.07) is 22.5. The summed E-state index contributed by atoms with van der Waals surface area (Å²) in [5.74, 6) is 1.64. The molecule has 0 saturated carbocycles. The van der Waals surface area contributed by atoms with Crippen LogP contribution in [0.1, 0.15) is 6.42 Å². The predicted octanol–water partition coefficient (Wildman–Crippen LogP) is 4.30. The van der Waals surface area contributed by atoms with E-state index in [-0.39, 0.29) is 0 Å². The summed E-state index contributed by atoms with van der Waals surface area (Å²) in [6.07, 6.45) is 1.17. The maximum Gasteiger partial charge on any atom is 0.131 e. The Morgan fingerprint density at radius 2 is 1.86 bits per heavy atom. The van der Waals surface area contributed by atoms with Crippen molar-refractivity contribution >= 4 is 17.2 Å². The fraction of sp³-hybridized carbons (Fsp3) is 0.261. The minimum atomic E-state index is 0.818. The number of benzene rings is 2. The van der Waals surface area contributed by atoms with E-state index in [0.717, 1.165) is 54.7 Å². The molecule has 0 aliphatic carbocycles. The van der Waals surface area contributed by atoms with Gasteiger partial charge in [-0.05, 0) is 55.4 Å². The van der Waals surface area contributed by atoms with Crippen LogP contribution in [0.2, 0.25) is 0 Å². The number of hydrogen-bond donors (Lipinski definition) is 2. The van der Waals surface area contributed by atoms with Gasteiger partial charge in [0.05, 0.1) is 12.8 Å². The fourth-order valence-electron chi connectivity index (χ4n) is 3.54. The molecule has 1 aliphatic rings. The first kappa shape index (κ1) is 18.3. The Kier molecular flexibility index (Phi) is 5.73. The van der Waals surface area contributed by atoms with Crippen molar-refractivity contribution in [2.75, 3.05) is 43.5 Å². The largest absolute Gasteiger partial charge is 0.496 e. The number of ether oxygens (including phenoxy) is 1. The molecule has 2 heterocycles. The van der Waals surface area contributed by atoms with Gasteiger partial charge in [0.2, 0.25) is 0 Å². The van der Waals surface area contributed by atoms with Gasteiger partial charge in [0, 0.05) is 36.6 Å². The molecule has 1 fully saturated rings. The van der Waals surface area contributed by atoms with Crippen LogP contribution >= 0.6 is 0 Å². The minimum absolute atomic E-state index is 0.818. The molecule has 5 nitrogen and oxygen atoms in total. The Hall–Kier alpha value is -3.05. The van der Waals surface area contributed by atoms with E-state index in [1.54, 1.807) is 7.11 Å². The van der Waals surface area contributed by atoms with Crippen molar-refractivity contribution in [3.8, 4) is 17.0 Å². The molecular formula is C23H26N4O. The van der Waals surface area contributed by atoms with Crippen LogP contribution in [0.5, 0.6) is 5.75 Å². The Balaban J connectivity index is 1.56. The summed E-state index contributed by atoms with van der Waals surface area (Å²) in [6.45, 7) is 4.23. The summed E-state index contributed by atoms with van der Waals surface area (Å²) >= 11 is 0. The number of methoxy groups -OCH3 is 1. The third-order valence-electron chi connectivity index (χ3n) is 4.96.